The number of hydrogen-bond donors (Lipinski definition) is 3. The van der Waals surface area contributed by atoms with Crippen molar-refractivity contribution in [3.63, 3.8) is 0 Å². The summed E-state index contributed by atoms with van der Waals surface area (Å²) >= 11 is 1.62. The molecule has 4 aromatic rings. The zero-order chi connectivity index (χ0) is 25.2. The van der Waals surface area contributed by atoms with E-state index in [-0.39, 0.29) is 31.5 Å². The van der Waals surface area contributed by atoms with Crippen LogP contribution in [0.15, 0.2) is 24.7 Å². The number of benzene rings is 1. The minimum atomic E-state index is -0.379. The molecule has 3 aromatic heterocycles. The number of aryl methyl sites for hydroxylation is 1. The van der Waals surface area contributed by atoms with Crippen LogP contribution in [0.3, 0.4) is 0 Å². The van der Waals surface area contributed by atoms with E-state index < -0.39 is 0 Å². The second-order valence-corrected chi connectivity index (χ2v) is 10.1. The van der Waals surface area contributed by atoms with Crippen molar-refractivity contribution in [2.45, 2.75) is 52.2 Å². The lowest BCUT2D eigenvalue weighted by Crippen LogP contribution is -2.37. The van der Waals surface area contributed by atoms with Gasteiger partial charge in [-0.1, -0.05) is 0 Å². The number of nitrogens with one attached hydrogen (secondary N) is 2. The molecule has 3 heterocycles. The molecule has 1 unspecified atom stereocenters. The van der Waals surface area contributed by atoms with Crippen LogP contribution in [-0.2, 0) is 17.6 Å². The number of likely N-dealkylation sites (N-methyl/N-ethyl adjacent to an activating group) is 1. The monoisotopic (exact) mass is 510 g/mol. The predicted molar refractivity (Wildman–Crippen MR) is 139 cm³/mol. The molecule has 1 aliphatic rings. The third kappa shape index (κ3) is 4.80. The number of rotatable bonds is 8. The van der Waals surface area contributed by atoms with Gasteiger partial charge < -0.3 is 24.8 Å². The van der Waals surface area contributed by atoms with E-state index in [4.69, 9.17) is 9.47 Å². The van der Waals surface area contributed by atoms with Gasteiger partial charge in [0.2, 0.25) is 0 Å². The predicted octanol–water partition coefficient (Wildman–Crippen LogP) is 4.41. The van der Waals surface area contributed by atoms with Crippen LogP contribution in [0.4, 0.5) is 16.3 Å². The van der Waals surface area contributed by atoms with Crippen LogP contribution in [0.2, 0.25) is 0 Å². The van der Waals surface area contributed by atoms with Crippen molar-refractivity contribution in [1.29, 1.82) is 0 Å². The van der Waals surface area contributed by atoms with Crippen molar-refractivity contribution in [2.24, 2.45) is 0 Å². The van der Waals surface area contributed by atoms with Crippen molar-refractivity contribution >= 4 is 50.1 Å². The number of carbonyl (C=O) groups is 1. The highest BCUT2D eigenvalue weighted by Gasteiger charge is 2.28. The molecule has 3 N–H and O–H groups in total. The average Bonchev–Trinajstić information content (AvgIpc) is 3.46. The molecule has 1 aliphatic carbocycles. The van der Waals surface area contributed by atoms with Gasteiger partial charge in [0.15, 0.2) is 0 Å². The van der Waals surface area contributed by atoms with Gasteiger partial charge in [0.05, 0.1) is 35.5 Å². The lowest BCUT2D eigenvalue weighted by atomic mass is 9.94. The van der Waals surface area contributed by atoms with Crippen LogP contribution < -0.4 is 10.1 Å². The molecule has 5 rings (SSSR count). The maximum Gasteiger partial charge on any atom is 0.410 e. The normalized spacial score (nSPS) is 15.3. The minimum absolute atomic E-state index is 0.00546. The van der Waals surface area contributed by atoms with Crippen LogP contribution in [-0.4, -0.2) is 68.2 Å². The Morgan fingerprint density at radius 1 is 1.36 bits per heavy atom. The summed E-state index contributed by atoms with van der Waals surface area (Å²) in [6, 6.07) is 3.95. The van der Waals surface area contributed by atoms with E-state index >= 15 is 0 Å². The van der Waals surface area contributed by atoms with E-state index in [1.165, 1.54) is 10.5 Å². The van der Waals surface area contributed by atoms with Gasteiger partial charge in [-0.15, -0.1) is 11.3 Å². The average molecular weight is 511 g/mol. The first-order valence-corrected chi connectivity index (χ1v) is 13.0. The number of H-pyrrole nitrogens is 1. The maximum absolute atomic E-state index is 12.5. The summed E-state index contributed by atoms with van der Waals surface area (Å²) in [5.41, 5.74) is 2.91. The zero-order valence-electron chi connectivity index (χ0n) is 20.6. The van der Waals surface area contributed by atoms with Crippen LogP contribution in [0.25, 0.3) is 21.1 Å². The number of aliphatic hydroxyl groups is 1. The molecule has 0 fully saturated rings. The van der Waals surface area contributed by atoms with E-state index in [9.17, 15) is 9.90 Å². The molecule has 0 aliphatic heterocycles. The lowest BCUT2D eigenvalue weighted by Gasteiger charge is -2.26. The fraction of sp³-hybridized carbons (Fsp3) is 0.440. The molecule has 10 nitrogen and oxygen atoms in total. The van der Waals surface area contributed by atoms with Gasteiger partial charge in [-0.25, -0.2) is 14.8 Å². The Hall–Kier alpha value is -3.44. The molecule has 11 heteroatoms. The zero-order valence-corrected chi connectivity index (χ0v) is 21.4. The Kier molecular flexibility index (Phi) is 6.92. The summed E-state index contributed by atoms with van der Waals surface area (Å²) in [6.07, 6.45) is 4.89. The summed E-state index contributed by atoms with van der Waals surface area (Å²) in [6.45, 7) is 6.54. The molecule has 1 aromatic carbocycles. The second kappa shape index (κ2) is 10.3. The van der Waals surface area contributed by atoms with Gasteiger partial charge in [-0.2, -0.15) is 5.10 Å². The number of amides is 1. The Morgan fingerprint density at radius 2 is 2.22 bits per heavy atom. The van der Waals surface area contributed by atoms with E-state index in [2.05, 4.69) is 25.5 Å². The topological polar surface area (TPSA) is 125 Å². The summed E-state index contributed by atoms with van der Waals surface area (Å²) in [5, 5.41) is 21.8. The van der Waals surface area contributed by atoms with Crippen molar-refractivity contribution in [2.75, 3.05) is 25.0 Å². The number of thiophene rings is 1. The molecule has 0 bridgehead atoms. The van der Waals surface area contributed by atoms with E-state index in [1.807, 2.05) is 32.9 Å². The second-order valence-electron chi connectivity index (χ2n) is 9.06. The number of ether oxygens (including phenoxy) is 2. The third-order valence-electron chi connectivity index (χ3n) is 6.23. The van der Waals surface area contributed by atoms with Crippen molar-refractivity contribution in [3.8, 4) is 5.75 Å². The fourth-order valence-corrected chi connectivity index (χ4v) is 5.79. The summed E-state index contributed by atoms with van der Waals surface area (Å²) in [4.78, 5) is 25.2. The molecule has 0 saturated heterocycles. The Morgan fingerprint density at radius 3 is 3.00 bits per heavy atom. The summed E-state index contributed by atoms with van der Waals surface area (Å²) in [7, 11) is 0. The first kappa shape index (κ1) is 24.3. The Labute approximate surface area is 212 Å². The molecule has 0 radical (unpaired) electrons. The van der Waals surface area contributed by atoms with Gasteiger partial charge in [0.1, 0.15) is 28.8 Å². The van der Waals surface area contributed by atoms with Crippen molar-refractivity contribution in [3.05, 3.63) is 35.1 Å². The molecule has 190 valence electrons. The van der Waals surface area contributed by atoms with Crippen LogP contribution >= 0.6 is 11.3 Å². The van der Waals surface area contributed by atoms with Crippen LogP contribution in [0, 0.1) is 0 Å². The Bertz CT molecular complexity index is 1380. The number of fused-ring (bicyclic) bond motifs is 4. The molecule has 36 heavy (non-hydrogen) atoms. The summed E-state index contributed by atoms with van der Waals surface area (Å²) < 4.78 is 11.8. The SMILES string of the molecule is CCN(CCO)C(=O)OC1CCc2c(sc3ncnc(Nc4cc5cn[nH]c5cc4OC(C)C)c23)C1. The number of carbonyl (C=O) groups excluding carboxylic acids is 1. The third-order valence-corrected chi connectivity index (χ3v) is 7.40. The maximum atomic E-state index is 12.5. The van der Waals surface area contributed by atoms with Crippen LogP contribution in [0.5, 0.6) is 5.75 Å². The van der Waals surface area contributed by atoms with Crippen molar-refractivity contribution < 1.29 is 19.4 Å². The van der Waals surface area contributed by atoms with Gasteiger partial charge in [-0.3, -0.25) is 5.10 Å². The molecule has 1 atom stereocenters. The minimum Gasteiger partial charge on any atom is -0.489 e. The van der Waals surface area contributed by atoms with Crippen molar-refractivity contribution in [1.82, 2.24) is 25.1 Å². The number of aromatic amines is 1. The highest BCUT2D eigenvalue weighted by Crippen LogP contribution is 2.41. The standard InChI is InChI=1S/C25H30N6O4S/c1-4-31(7-8-32)25(33)35-16-5-6-17-21(10-16)36-24-22(17)23(26-13-27-24)29-19-9-15-12-28-30-18(15)11-20(19)34-14(2)3/h9,11-14,16,32H,4-8,10H2,1-3H3,(H,28,30)(H,26,27,29). The number of nitrogens with zero attached hydrogens (tertiary/aromatic N) is 4. The number of anilines is 2. The quantitative estimate of drug-likeness (QED) is 0.318. The van der Waals surface area contributed by atoms with Gasteiger partial charge in [0, 0.05) is 35.8 Å². The first-order valence-electron chi connectivity index (χ1n) is 12.2. The van der Waals surface area contributed by atoms with Gasteiger partial charge in [0.25, 0.3) is 0 Å². The smallest absolute Gasteiger partial charge is 0.410 e. The van der Waals surface area contributed by atoms with Crippen LogP contribution in [0.1, 0.15) is 37.6 Å². The van der Waals surface area contributed by atoms with E-state index in [0.717, 1.165) is 50.3 Å². The highest BCUT2D eigenvalue weighted by molar-refractivity contribution is 7.19. The largest absolute Gasteiger partial charge is 0.489 e. The first-order chi connectivity index (χ1) is 17.5. The summed E-state index contributed by atoms with van der Waals surface area (Å²) in [5.74, 6) is 1.44. The molecule has 1 amide bonds. The van der Waals surface area contributed by atoms with Gasteiger partial charge in [-0.05, 0) is 45.2 Å². The number of hydrogen-bond acceptors (Lipinski definition) is 9. The highest BCUT2D eigenvalue weighted by atomic mass is 32.1. The molecule has 0 spiro atoms. The molecule has 0 saturated carbocycles. The number of aromatic nitrogens is 4. The number of aliphatic hydroxyl groups excluding tert-OH is 1. The molecular weight excluding hydrogens is 480 g/mol. The lowest BCUT2D eigenvalue weighted by molar-refractivity contribution is 0.0540. The van der Waals surface area contributed by atoms with E-state index in [1.54, 1.807) is 23.9 Å². The fourth-order valence-electron chi connectivity index (χ4n) is 4.54. The van der Waals surface area contributed by atoms with Gasteiger partial charge >= 0.3 is 6.09 Å². The van der Waals surface area contributed by atoms with E-state index in [0.29, 0.717) is 18.7 Å². The Balaban J connectivity index is 1.43. The molecular formula is C25H30N6O4S.